The van der Waals surface area contributed by atoms with Crippen LogP contribution in [-0.2, 0) is 4.79 Å². The van der Waals surface area contributed by atoms with Crippen molar-refractivity contribution in [2.24, 2.45) is 0 Å². The first-order chi connectivity index (χ1) is 15.9. The smallest absolute Gasteiger partial charge is 0.232 e. The van der Waals surface area contributed by atoms with Crippen LogP contribution in [0, 0.1) is 0 Å². The van der Waals surface area contributed by atoms with Crippen molar-refractivity contribution in [2.45, 2.75) is 32.3 Å². The van der Waals surface area contributed by atoms with Gasteiger partial charge in [0.1, 0.15) is 11.5 Å². The zero-order valence-corrected chi connectivity index (χ0v) is 19.3. The molecule has 0 aliphatic carbocycles. The van der Waals surface area contributed by atoms with E-state index in [9.17, 15) is 4.79 Å². The van der Waals surface area contributed by atoms with E-state index >= 15 is 0 Å². The van der Waals surface area contributed by atoms with E-state index in [0.717, 1.165) is 5.56 Å². The topological polar surface area (TPSA) is 96.2 Å². The normalized spacial score (nSPS) is 15.8. The number of benzene rings is 2. The first kappa shape index (κ1) is 22.4. The fraction of sp³-hybridized carbons (Fsp3) is 0.375. The second-order valence-corrected chi connectivity index (χ2v) is 7.93. The lowest BCUT2D eigenvalue weighted by Gasteiger charge is -2.20. The quantitative estimate of drug-likeness (QED) is 0.504. The number of ether oxygens (including phenoxy) is 4. The van der Waals surface area contributed by atoms with Crippen molar-refractivity contribution < 1.29 is 28.3 Å². The van der Waals surface area contributed by atoms with E-state index in [1.807, 2.05) is 26.0 Å². The minimum Gasteiger partial charge on any atom is -0.497 e. The standard InChI is InChI=1S/C24H27N3O6/c1-14(2)32-20-8-6-15(10-21(20)31-5)23-25-24(33-26-23)16-11-22(28)27(13-16)18-12-17(29-3)7-9-19(18)30-4/h6-10,12,14,16H,11,13H2,1-5H3. The third kappa shape index (κ3) is 4.57. The number of rotatable bonds is 8. The van der Waals surface area contributed by atoms with Gasteiger partial charge in [0.05, 0.1) is 39.0 Å². The van der Waals surface area contributed by atoms with Crippen LogP contribution < -0.4 is 23.8 Å². The molecule has 0 saturated carbocycles. The summed E-state index contributed by atoms with van der Waals surface area (Å²) in [6.07, 6.45) is 0.277. The minimum absolute atomic E-state index is 0.0209. The molecule has 33 heavy (non-hydrogen) atoms. The molecular formula is C24H27N3O6. The predicted octanol–water partition coefficient (Wildman–Crippen LogP) is 4.07. The molecule has 0 bridgehead atoms. The van der Waals surface area contributed by atoms with Crippen LogP contribution in [0.1, 0.15) is 32.1 Å². The van der Waals surface area contributed by atoms with Gasteiger partial charge >= 0.3 is 0 Å². The molecular weight excluding hydrogens is 426 g/mol. The van der Waals surface area contributed by atoms with Gasteiger partial charge in [-0.2, -0.15) is 4.98 Å². The Hall–Kier alpha value is -3.75. The van der Waals surface area contributed by atoms with Gasteiger partial charge in [-0.1, -0.05) is 5.16 Å². The summed E-state index contributed by atoms with van der Waals surface area (Å²) in [4.78, 5) is 19.0. The Kier molecular flexibility index (Phi) is 6.39. The highest BCUT2D eigenvalue weighted by atomic mass is 16.5. The third-order valence-electron chi connectivity index (χ3n) is 5.38. The van der Waals surface area contributed by atoms with E-state index in [1.54, 1.807) is 50.5 Å². The Morgan fingerprint density at radius 3 is 2.45 bits per heavy atom. The van der Waals surface area contributed by atoms with Gasteiger partial charge in [0.2, 0.25) is 17.6 Å². The lowest BCUT2D eigenvalue weighted by Crippen LogP contribution is -2.24. The summed E-state index contributed by atoms with van der Waals surface area (Å²) < 4.78 is 27.5. The average molecular weight is 453 g/mol. The van der Waals surface area contributed by atoms with Crippen LogP contribution >= 0.6 is 0 Å². The van der Waals surface area contributed by atoms with E-state index < -0.39 is 0 Å². The van der Waals surface area contributed by atoms with Crippen LogP contribution in [0.2, 0.25) is 0 Å². The van der Waals surface area contributed by atoms with E-state index in [-0.39, 0.29) is 24.3 Å². The Morgan fingerprint density at radius 1 is 1.00 bits per heavy atom. The van der Waals surface area contributed by atoms with Gasteiger partial charge in [0, 0.05) is 24.6 Å². The number of carbonyl (C=O) groups excluding carboxylic acids is 1. The highest BCUT2D eigenvalue weighted by Gasteiger charge is 2.36. The number of nitrogens with zero attached hydrogens (tertiary/aromatic N) is 3. The zero-order valence-electron chi connectivity index (χ0n) is 19.3. The van der Waals surface area contributed by atoms with Crippen LogP contribution in [0.5, 0.6) is 23.0 Å². The maximum atomic E-state index is 12.8. The molecule has 1 aliphatic heterocycles. The summed E-state index contributed by atoms with van der Waals surface area (Å²) >= 11 is 0. The third-order valence-corrected chi connectivity index (χ3v) is 5.38. The molecule has 9 nitrogen and oxygen atoms in total. The molecule has 0 N–H and O–H groups in total. The van der Waals surface area contributed by atoms with Crippen LogP contribution in [0.3, 0.4) is 0 Å². The molecule has 0 spiro atoms. The number of carbonyl (C=O) groups is 1. The average Bonchev–Trinajstić information content (AvgIpc) is 3.45. The zero-order chi connectivity index (χ0) is 23.5. The largest absolute Gasteiger partial charge is 0.497 e. The van der Waals surface area contributed by atoms with Crippen molar-refractivity contribution in [3.8, 4) is 34.4 Å². The minimum atomic E-state index is -0.236. The molecule has 9 heteroatoms. The monoisotopic (exact) mass is 453 g/mol. The Balaban J connectivity index is 1.56. The summed E-state index contributed by atoms with van der Waals surface area (Å²) in [5, 5.41) is 4.12. The number of hydrogen-bond donors (Lipinski definition) is 0. The van der Waals surface area contributed by atoms with Gasteiger partial charge in [-0.25, -0.2) is 0 Å². The summed E-state index contributed by atoms with van der Waals surface area (Å²) in [6.45, 7) is 4.30. The van der Waals surface area contributed by atoms with E-state index in [0.29, 0.717) is 46.9 Å². The number of aromatic nitrogens is 2. The van der Waals surface area contributed by atoms with Crippen molar-refractivity contribution in [1.82, 2.24) is 10.1 Å². The van der Waals surface area contributed by atoms with Gasteiger partial charge in [-0.3, -0.25) is 4.79 Å². The van der Waals surface area contributed by atoms with E-state index in [1.165, 1.54) is 0 Å². The Morgan fingerprint density at radius 2 is 1.76 bits per heavy atom. The molecule has 2 aromatic carbocycles. The molecule has 1 unspecified atom stereocenters. The van der Waals surface area contributed by atoms with Crippen LogP contribution in [0.25, 0.3) is 11.4 Å². The van der Waals surface area contributed by atoms with Gasteiger partial charge < -0.3 is 28.4 Å². The van der Waals surface area contributed by atoms with Crippen molar-refractivity contribution in [1.29, 1.82) is 0 Å². The molecule has 1 aromatic heterocycles. The lowest BCUT2D eigenvalue weighted by atomic mass is 10.1. The maximum Gasteiger partial charge on any atom is 0.232 e. The fourth-order valence-electron chi connectivity index (χ4n) is 3.79. The summed E-state index contributed by atoms with van der Waals surface area (Å²) in [6, 6.07) is 10.8. The van der Waals surface area contributed by atoms with E-state index in [4.69, 9.17) is 23.5 Å². The highest BCUT2D eigenvalue weighted by Crippen LogP contribution is 2.39. The molecule has 1 atom stereocenters. The molecule has 1 fully saturated rings. The Bertz CT molecular complexity index is 1140. The van der Waals surface area contributed by atoms with Crippen molar-refractivity contribution in [3.05, 3.63) is 42.3 Å². The molecule has 1 saturated heterocycles. The second kappa shape index (κ2) is 9.40. The van der Waals surface area contributed by atoms with Crippen molar-refractivity contribution in [2.75, 3.05) is 32.8 Å². The van der Waals surface area contributed by atoms with Gasteiger partial charge in [-0.15, -0.1) is 0 Å². The summed E-state index contributed by atoms with van der Waals surface area (Å²) in [5.74, 6) is 2.99. The van der Waals surface area contributed by atoms with Crippen LogP contribution in [-0.4, -0.2) is 50.0 Å². The first-order valence-corrected chi connectivity index (χ1v) is 10.6. The maximum absolute atomic E-state index is 12.8. The number of hydrogen-bond acceptors (Lipinski definition) is 8. The molecule has 0 radical (unpaired) electrons. The lowest BCUT2D eigenvalue weighted by molar-refractivity contribution is -0.117. The molecule has 2 heterocycles. The summed E-state index contributed by atoms with van der Waals surface area (Å²) in [7, 11) is 4.73. The first-order valence-electron chi connectivity index (χ1n) is 10.6. The number of anilines is 1. The molecule has 174 valence electrons. The molecule has 3 aromatic rings. The molecule has 1 aliphatic rings. The highest BCUT2D eigenvalue weighted by molar-refractivity contribution is 5.98. The summed E-state index contributed by atoms with van der Waals surface area (Å²) in [5.41, 5.74) is 1.38. The van der Waals surface area contributed by atoms with Gasteiger partial charge in [-0.05, 0) is 44.2 Å². The van der Waals surface area contributed by atoms with Gasteiger partial charge in [0.15, 0.2) is 11.5 Å². The second-order valence-electron chi connectivity index (χ2n) is 7.93. The number of amides is 1. The fourth-order valence-corrected chi connectivity index (χ4v) is 3.79. The predicted molar refractivity (Wildman–Crippen MR) is 121 cm³/mol. The SMILES string of the molecule is COc1ccc(OC)c(N2CC(c3nc(-c4ccc(OC(C)C)c(OC)c4)no3)CC2=O)c1. The van der Waals surface area contributed by atoms with Crippen molar-refractivity contribution in [3.63, 3.8) is 0 Å². The van der Waals surface area contributed by atoms with E-state index in [2.05, 4.69) is 10.1 Å². The van der Waals surface area contributed by atoms with Crippen LogP contribution in [0.15, 0.2) is 40.9 Å². The number of methoxy groups -OCH3 is 3. The molecule has 1 amide bonds. The van der Waals surface area contributed by atoms with Crippen LogP contribution in [0.4, 0.5) is 5.69 Å². The Labute approximate surface area is 192 Å². The van der Waals surface area contributed by atoms with Gasteiger partial charge in [0.25, 0.3) is 0 Å². The molecule has 4 rings (SSSR count). The van der Waals surface area contributed by atoms with Crippen molar-refractivity contribution >= 4 is 11.6 Å².